The van der Waals surface area contributed by atoms with Gasteiger partial charge in [0.2, 0.25) is 5.95 Å². The monoisotopic (exact) mass is 545 g/mol. The average Bonchev–Trinajstić information content (AvgIpc) is 3.36. The zero-order valence-corrected chi connectivity index (χ0v) is 21.3. The molecule has 12 heteroatoms. The molecule has 3 heterocycles. The molecule has 2 aromatic carbocycles. The van der Waals surface area contributed by atoms with Gasteiger partial charge in [-0.3, -0.25) is 4.72 Å². The van der Waals surface area contributed by atoms with Crippen LogP contribution >= 0.6 is 11.3 Å². The van der Waals surface area contributed by atoms with Gasteiger partial charge in [-0.25, -0.2) is 32.3 Å². The third kappa shape index (κ3) is 5.22. The summed E-state index contributed by atoms with van der Waals surface area (Å²) in [5, 5.41) is 3.74. The molecule has 0 spiro atoms. The van der Waals surface area contributed by atoms with Crippen molar-refractivity contribution in [1.29, 1.82) is 0 Å². The summed E-state index contributed by atoms with van der Waals surface area (Å²) in [4.78, 5) is 13.5. The number of rotatable bonds is 7. The first-order chi connectivity index (χ1) is 18.0. The molecule has 2 N–H and O–H groups in total. The van der Waals surface area contributed by atoms with Gasteiger partial charge in [0.25, 0.3) is 0 Å². The summed E-state index contributed by atoms with van der Waals surface area (Å²) in [7, 11) is -0.675. The maximum atomic E-state index is 15.8. The smallest absolute Gasteiger partial charge is 0.222 e. The van der Waals surface area contributed by atoms with Crippen LogP contribution in [-0.2, 0) is 15.7 Å². The molecular formula is C25H22F3N5O2S2. The zero-order chi connectivity index (χ0) is 25.9. The van der Waals surface area contributed by atoms with E-state index < -0.39 is 33.3 Å². The zero-order valence-electron chi connectivity index (χ0n) is 19.6. The van der Waals surface area contributed by atoms with Crippen molar-refractivity contribution in [2.45, 2.75) is 23.7 Å². The lowest BCUT2D eigenvalue weighted by Gasteiger charge is -2.19. The predicted octanol–water partition coefficient (Wildman–Crippen LogP) is 5.75. The number of halogens is 3. The molecule has 1 aliphatic rings. The Hall–Kier alpha value is -3.35. The van der Waals surface area contributed by atoms with E-state index in [4.69, 9.17) is 9.72 Å². The van der Waals surface area contributed by atoms with Gasteiger partial charge in [0.15, 0.2) is 16.8 Å². The number of anilines is 2. The van der Waals surface area contributed by atoms with Gasteiger partial charge < -0.3 is 10.1 Å². The van der Waals surface area contributed by atoms with Crippen molar-refractivity contribution in [1.82, 2.24) is 15.0 Å². The molecule has 1 saturated heterocycles. The minimum atomic E-state index is -2.38. The van der Waals surface area contributed by atoms with Crippen LogP contribution in [0.4, 0.5) is 24.8 Å². The van der Waals surface area contributed by atoms with Gasteiger partial charge in [-0.15, -0.1) is 11.3 Å². The Morgan fingerprint density at radius 1 is 1.03 bits per heavy atom. The van der Waals surface area contributed by atoms with E-state index >= 15 is 4.39 Å². The largest absolute Gasteiger partial charge is 0.381 e. The Morgan fingerprint density at radius 3 is 2.49 bits per heavy atom. The molecular weight excluding hydrogens is 523 g/mol. The van der Waals surface area contributed by atoms with Crippen molar-refractivity contribution in [3.8, 4) is 21.8 Å². The number of benzene rings is 2. The van der Waals surface area contributed by atoms with Crippen LogP contribution in [0, 0.1) is 17.5 Å². The summed E-state index contributed by atoms with van der Waals surface area (Å²) in [6, 6.07) is 9.34. The Balaban J connectivity index is 1.57. The second-order valence-electron chi connectivity index (χ2n) is 8.22. The first-order valence-corrected chi connectivity index (χ1v) is 13.4. The fraction of sp³-hybridized carbons (Fsp3) is 0.240. The summed E-state index contributed by atoms with van der Waals surface area (Å²) in [5.74, 6) is -2.16. The second-order valence-corrected chi connectivity index (χ2v) is 10.4. The van der Waals surface area contributed by atoms with Crippen molar-refractivity contribution in [2.75, 3.05) is 30.3 Å². The topological polar surface area (TPSA) is 89.0 Å². The molecule has 0 aliphatic carbocycles. The van der Waals surface area contributed by atoms with Gasteiger partial charge >= 0.3 is 0 Å². The van der Waals surface area contributed by atoms with Crippen molar-refractivity contribution in [2.24, 2.45) is 0 Å². The number of nitrogens with one attached hydrogen (secondary N) is 2. The molecule has 1 unspecified atom stereocenters. The molecule has 1 aliphatic heterocycles. The summed E-state index contributed by atoms with van der Waals surface area (Å²) in [6.45, 7) is 1.25. The maximum Gasteiger partial charge on any atom is 0.222 e. The molecule has 0 radical (unpaired) electrons. The lowest BCUT2D eigenvalue weighted by molar-refractivity contribution is 0.0853. The molecule has 37 heavy (non-hydrogen) atoms. The Kier molecular flexibility index (Phi) is 7.49. The normalized spacial score (nSPS) is 14.9. The molecule has 0 saturated carbocycles. The van der Waals surface area contributed by atoms with Gasteiger partial charge in [-0.1, -0.05) is 12.1 Å². The van der Waals surface area contributed by atoms with Gasteiger partial charge in [0.1, 0.15) is 16.5 Å². The second kappa shape index (κ2) is 11.0. The first-order valence-electron chi connectivity index (χ1n) is 11.5. The first kappa shape index (κ1) is 25.3. The number of hydrogen-bond donors (Lipinski definition) is 2. The number of thiazole rings is 1. The minimum Gasteiger partial charge on any atom is -0.381 e. The standard InChI is InChI=1S/C25H22F3N5O2S2/c1-29-25-30-11-8-19(31-25)22-21(32-24(36-22)14-9-12-35-13-10-14)15-4-2-7-18(20(15)28)33-37(34)23-16(26)5-3-6-17(23)27/h2-8,11,14,33H,9-10,12-13H2,1H3,(H,29,30,31). The number of ether oxygens (including phenoxy) is 1. The molecule has 2 aromatic heterocycles. The van der Waals surface area contributed by atoms with Crippen LogP contribution < -0.4 is 10.0 Å². The van der Waals surface area contributed by atoms with Crippen LogP contribution in [0.25, 0.3) is 21.8 Å². The fourth-order valence-electron chi connectivity index (χ4n) is 4.02. The summed E-state index contributed by atoms with van der Waals surface area (Å²) >= 11 is 1.43. The van der Waals surface area contributed by atoms with Crippen molar-refractivity contribution < 1.29 is 22.1 Å². The maximum absolute atomic E-state index is 15.8. The van der Waals surface area contributed by atoms with Gasteiger partial charge in [0.05, 0.1) is 27.0 Å². The fourth-order valence-corrected chi connectivity index (χ4v) is 6.19. The quantitative estimate of drug-likeness (QED) is 0.307. The van der Waals surface area contributed by atoms with E-state index in [1.165, 1.54) is 23.5 Å². The molecule has 7 nitrogen and oxygen atoms in total. The Bertz CT molecular complexity index is 1440. The van der Waals surface area contributed by atoms with Crippen molar-refractivity contribution >= 4 is 34.0 Å². The molecule has 5 rings (SSSR count). The molecule has 0 amide bonds. The van der Waals surface area contributed by atoms with Crippen LogP contribution in [0.2, 0.25) is 0 Å². The molecule has 0 bridgehead atoms. The highest BCUT2D eigenvalue weighted by Gasteiger charge is 2.26. The van der Waals surface area contributed by atoms with E-state index in [2.05, 4.69) is 20.0 Å². The number of hydrogen-bond acceptors (Lipinski definition) is 7. The van der Waals surface area contributed by atoms with E-state index in [-0.39, 0.29) is 17.2 Å². The highest BCUT2D eigenvalue weighted by molar-refractivity contribution is 7.86. The van der Waals surface area contributed by atoms with E-state index in [9.17, 15) is 13.0 Å². The lowest BCUT2D eigenvalue weighted by atomic mass is 10.0. The lowest BCUT2D eigenvalue weighted by Crippen LogP contribution is -2.13. The SMILES string of the molecule is CNc1nccc(-c2sc(C3CCOCC3)nc2-c2cccc(NS(=O)c3c(F)cccc3F)c2F)n1. The van der Waals surface area contributed by atoms with E-state index in [1.54, 1.807) is 31.4 Å². The Morgan fingerprint density at radius 2 is 1.76 bits per heavy atom. The van der Waals surface area contributed by atoms with Crippen molar-refractivity contribution in [3.63, 3.8) is 0 Å². The third-order valence-electron chi connectivity index (χ3n) is 5.89. The van der Waals surface area contributed by atoms with Crippen LogP contribution in [0.15, 0.2) is 53.6 Å². The summed E-state index contributed by atoms with van der Waals surface area (Å²) < 4.78 is 64.7. The van der Waals surface area contributed by atoms with Gasteiger partial charge in [-0.2, -0.15) is 0 Å². The van der Waals surface area contributed by atoms with Crippen LogP contribution in [-0.4, -0.2) is 39.4 Å². The van der Waals surface area contributed by atoms with Crippen molar-refractivity contribution in [3.05, 3.63) is 71.1 Å². The van der Waals surface area contributed by atoms with E-state index in [0.717, 1.165) is 30.0 Å². The number of nitrogens with zero attached hydrogens (tertiary/aromatic N) is 3. The van der Waals surface area contributed by atoms with E-state index in [0.29, 0.717) is 35.4 Å². The average molecular weight is 546 g/mol. The van der Waals surface area contributed by atoms with Crippen LogP contribution in [0.5, 0.6) is 0 Å². The van der Waals surface area contributed by atoms with Crippen LogP contribution in [0.1, 0.15) is 23.8 Å². The predicted molar refractivity (Wildman–Crippen MR) is 137 cm³/mol. The number of aromatic nitrogens is 3. The highest BCUT2D eigenvalue weighted by Crippen LogP contribution is 2.42. The Labute approximate surface area is 217 Å². The summed E-state index contributed by atoms with van der Waals surface area (Å²) in [5.41, 5.74) is 0.907. The van der Waals surface area contributed by atoms with E-state index in [1.807, 2.05) is 0 Å². The molecule has 1 atom stereocenters. The minimum absolute atomic E-state index is 0.144. The molecule has 192 valence electrons. The molecule has 1 fully saturated rings. The van der Waals surface area contributed by atoms with Gasteiger partial charge in [-0.05, 0) is 43.2 Å². The summed E-state index contributed by atoms with van der Waals surface area (Å²) in [6.07, 6.45) is 3.20. The van der Waals surface area contributed by atoms with Gasteiger partial charge in [0, 0.05) is 37.9 Å². The molecule has 4 aromatic rings. The third-order valence-corrected chi connectivity index (χ3v) is 8.29. The van der Waals surface area contributed by atoms with Crippen LogP contribution in [0.3, 0.4) is 0 Å². The highest BCUT2D eigenvalue weighted by atomic mass is 32.2.